The smallest absolute Gasteiger partial charge is 0.246 e. The highest BCUT2D eigenvalue weighted by molar-refractivity contribution is 6.33. The molecule has 0 radical (unpaired) electrons. The number of anilines is 1. The monoisotopic (exact) mass is 417 g/mol. The van der Waals surface area contributed by atoms with Gasteiger partial charge in [0, 0.05) is 37.3 Å². The third-order valence-electron chi connectivity index (χ3n) is 4.49. The lowest BCUT2D eigenvalue weighted by Gasteiger charge is -2.33. The number of halogens is 2. The van der Waals surface area contributed by atoms with E-state index in [1.165, 1.54) is 0 Å². The van der Waals surface area contributed by atoms with Gasteiger partial charge < -0.3 is 10.2 Å². The number of rotatable bonds is 5. The lowest BCUT2D eigenvalue weighted by atomic mass is 10.2. The lowest BCUT2D eigenvalue weighted by molar-refractivity contribution is -0.127. The molecular weight excluding hydrogens is 397 g/mol. The van der Waals surface area contributed by atoms with Crippen LogP contribution in [0.1, 0.15) is 5.56 Å². The number of benzene rings is 2. The number of hydrogen-bond acceptors (Lipinski definition) is 3. The van der Waals surface area contributed by atoms with Crippen LogP contribution in [-0.4, -0.2) is 54.3 Å². The Morgan fingerprint density at radius 3 is 2.32 bits per heavy atom. The van der Waals surface area contributed by atoms with Gasteiger partial charge in [0.25, 0.3) is 0 Å². The summed E-state index contributed by atoms with van der Waals surface area (Å²) >= 11 is 11.9. The molecule has 146 valence electrons. The van der Waals surface area contributed by atoms with Gasteiger partial charge in [0.05, 0.1) is 17.3 Å². The molecule has 0 aromatic heterocycles. The van der Waals surface area contributed by atoms with E-state index >= 15 is 0 Å². The molecule has 28 heavy (non-hydrogen) atoms. The molecule has 1 aliphatic heterocycles. The van der Waals surface area contributed by atoms with E-state index in [2.05, 4.69) is 5.32 Å². The summed E-state index contributed by atoms with van der Waals surface area (Å²) in [5.74, 6) is -0.148. The fraction of sp³-hybridized carbons (Fsp3) is 0.238. The zero-order valence-corrected chi connectivity index (χ0v) is 16.8. The minimum Gasteiger partial charge on any atom is -0.337 e. The molecule has 5 nitrogen and oxygen atoms in total. The van der Waals surface area contributed by atoms with E-state index in [0.717, 1.165) is 5.56 Å². The number of carbonyl (C=O) groups is 2. The molecule has 1 heterocycles. The fourth-order valence-corrected chi connectivity index (χ4v) is 3.24. The predicted molar refractivity (Wildman–Crippen MR) is 114 cm³/mol. The van der Waals surface area contributed by atoms with Gasteiger partial charge in [-0.3, -0.25) is 14.5 Å². The van der Waals surface area contributed by atoms with Crippen molar-refractivity contribution < 1.29 is 9.59 Å². The number of piperazine rings is 1. The van der Waals surface area contributed by atoms with Gasteiger partial charge in [0.2, 0.25) is 11.8 Å². The second kappa shape index (κ2) is 9.73. The Balaban J connectivity index is 1.44. The van der Waals surface area contributed by atoms with E-state index in [-0.39, 0.29) is 18.4 Å². The molecule has 1 N–H and O–H groups in total. The molecule has 0 saturated carbocycles. The average molecular weight is 418 g/mol. The summed E-state index contributed by atoms with van der Waals surface area (Å²) in [5, 5.41) is 4.00. The number of para-hydroxylation sites is 1. The Labute approximate surface area is 174 Å². The number of hydrogen-bond donors (Lipinski definition) is 1. The molecule has 2 amide bonds. The standard InChI is InChI=1S/C21H21Cl2N3O2/c22-17-8-5-16(6-9-17)7-10-21(28)26-13-11-25(12-14-26)15-20(27)24-19-4-2-1-3-18(19)23/h1-10H,11-15H2,(H,24,27). The van der Waals surface area contributed by atoms with Crippen molar-refractivity contribution in [3.8, 4) is 0 Å². The molecule has 1 saturated heterocycles. The summed E-state index contributed by atoms with van der Waals surface area (Å²) in [5.41, 5.74) is 1.53. The van der Waals surface area contributed by atoms with E-state index in [4.69, 9.17) is 23.2 Å². The van der Waals surface area contributed by atoms with Gasteiger partial charge in [-0.1, -0.05) is 47.5 Å². The Bertz CT molecular complexity index is 860. The van der Waals surface area contributed by atoms with E-state index in [1.807, 2.05) is 29.2 Å². The van der Waals surface area contributed by atoms with Gasteiger partial charge in [-0.25, -0.2) is 0 Å². The van der Waals surface area contributed by atoms with Crippen molar-refractivity contribution in [3.63, 3.8) is 0 Å². The summed E-state index contributed by atoms with van der Waals surface area (Å²) in [6.45, 7) is 2.74. The van der Waals surface area contributed by atoms with Gasteiger partial charge in [-0.2, -0.15) is 0 Å². The van der Waals surface area contributed by atoms with Gasteiger partial charge in [-0.15, -0.1) is 0 Å². The van der Waals surface area contributed by atoms with Crippen molar-refractivity contribution >= 4 is 46.8 Å². The quantitative estimate of drug-likeness (QED) is 0.752. The van der Waals surface area contributed by atoms with E-state index < -0.39 is 0 Å². The molecule has 0 bridgehead atoms. The third kappa shape index (κ3) is 5.83. The van der Waals surface area contributed by atoms with E-state index in [0.29, 0.717) is 41.9 Å². The molecular formula is C21H21Cl2N3O2. The van der Waals surface area contributed by atoms with Crippen molar-refractivity contribution in [2.45, 2.75) is 0 Å². The summed E-state index contributed by atoms with van der Waals surface area (Å²) in [6, 6.07) is 14.4. The Morgan fingerprint density at radius 1 is 0.964 bits per heavy atom. The van der Waals surface area contributed by atoms with Crippen LogP contribution in [0, 0.1) is 0 Å². The maximum absolute atomic E-state index is 12.3. The summed E-state index contributed by atoms with van der Waals surface area (Å²) < 4.78 is 0. The molecule has 0 spiro atoms. The van der Waals surface area contributed by atoms with Crippen LogP contribution in [0.2, 0.25) is 10.0 Å². The summed E-state index contributed by atoms with van der Waals surface area (Å²) in [6.07, 6.45) is 3.35. The summed E-state index contributed by atoms with van der Waals surface area (Å²) in [7, 11) is 0. The van der Waals surface area contributed by atoms with E-state index in [1.54, 1.807) is 41.3 Å². The van der Waals surface area contributed by atoms with Crippen LogP contribution in [0.25, 0.3) is 6.08 Å². The van der Waals surface area contributed by atoms with Gasteiger partial charge in [-0.05, 0) is 35.9 Å². The van der Waals surface area contributed by atoms with Gasteiger partial charge in [0.1, 0.15) is 0 Å². The zero-order chi connectivity index (χ0) is 19.9. The normalized spacial score (nSPS) is 15.0. The average Bonchev–Trinajstić information content (AvgIpc) is 2.69. The van der Waals surface area contributed by atoms with Crippen LogP contribution >= 0.6 is 23.2 Å². The fourth-order valence-electron chi connectivity index (χ4n) is 2.93. The first-order valence-corrected chi connectivity index (χ1v) is 9.76. The maximum atomic E-state index is 12.3. The van der Waals surface area contributed by atoms with Crippen molar-refractivity contribution in [2.75, 3.05) is 38.0 Å². The van der Waals surface area contributed by atoms with Crippen molar-refractivity contribution in [1.29, 1.82) is 0 Å². The van der Waals surface area contributed by atoms with Crippen molar-refractivity contribution in [1.82, 2.24) is 9.80 Å². The molecule has 0 unspecified atom stereocenters. The van der Waals surface area contributed by atoms with E-state index in [9.17, 15) is 9.59 Å². The molecule has 3 rings (SSSR count). The first-order chi connectivity index (χ1) is 13.5. The molecule has 2 aromatic carbocycles. The predicted octanol–water partition coefficient (Wildman–Crippen LogP) is 3.79. The van der Waals surface area contributed by atoms with Crippen LogP contribution in [0.5, 0.6) is 0 Å². The Hall–Kier alpha value is -2.34. The second-order valence-corrected chi connectivity index (χ2v) is 7.36. The highest BCUT2D eigenvalue weighted by Gasteiger charge is 2.21. The SMILES string of the molecule is O=C(CN1CCN(C(=O)C=Cc2ccc(Cl)cc2)CC1)Nc1ccccc1Cl. The number of amides is 2. The Morgan fingerprint density at radius 2 is 1.64 bits per heavy atom. The molecule has 1 fully saturated rings. The molecule has 0 atom stereocenters. The number of nitrogens with zero attached hydrogens (tertiary/aromatic N) is 2. The van der Waals surface area contributed by atoms with Crippen LogP contribution < -0.4 is 5.32 Å². The first-order valence-electron chi connectivity index (χ1n) is 9.00. The topological polar surface area (TPSA) is 52.7 Å². The minimum atomic E-state index is -0.115. The zero-order valence-electron chi connectivity index (χ0n) is 15.3. The highest BCUT2D eigenvalue weighted by atomic mass is 35.5. The van der Waals surface area contributed by atoms with Crippen LogP contribution in [0.15, 0.2) is 54.6 Å². The molecule has 0 aliphatic carbocycles. The van der Waals surface area contributed by atoms with Gasteiger partial charge in [0.15, 0.2) is 0 Å². The Kier molecular flexibility index (Phi) is 7.09. The second-order valence-electron chi connectivity index (χ2n) is 6.51. The summed E-state index contributed by atoms with van der Waals surface area (Å²) in [4.78, 5) is 28.4. The highest BCUT2D eigenvalue weighted by Crippen LogP contribution is 2.20. The molecule has 7 heteroatoms. The van der Waals surface area contributed by atoms with Crippen LogP contribution in [0.3, 0.4) is 0 Å². The number of carbonyl (C=O) groups excluding carboxylic acids is 2. The number of nitrogens with one attached hydrogen (secondary N) is 1. The van der Waals surface area contributed by atoms with Crippen LogP contribution in [0.4, 0.5) is 5.69 Å². The molecule has 2 aromatic rings. The largest absolute Gasteiger partial charge is 0.337 e. The van der Waals surface area contributed by atoms with Crippen molar-refractivity contribution in [2.24, 2.45) is 0 Å². The van der Waals surface area contributed by atoms with Crippen LogP contribution in [-0.2, 0) is 9.59 Å². The third-order valence-corrected chi connectivity index (χ3v) is 5.07. The maximum Gasteiger partial charge on any atom is 0.246 e. The van der Waals surface area contributed by atoms with Gasteiger partial charge >= 0.3 is 0 Å². The minimum absolute atomic E-state index is 0.0323. The molecule has 1 aliphatic rings. The first kappa shape index (κ1) is 20.4. The van der Waals surface area contributed by atoms with Crippen molar-refractivity contribution in [3.05, 3.63) is 70.2 Å². The lowest BCUT2D eigenvalue weighted by Crippen LogP contribution is -2.50.